The number of piperidine rings is 1. The number of benzene rings is 2. The lowest BCUT2D eigenvalue weighted by molar-refractivity contribution is -0.121. The van der Waals surface area contributed by atoms with Gasteiger partial charge in [0.2, 0.25) is 5.91 Å². The van der Waals surface area contributed by atoms with Crippen LogP contribution >= 0.6 is 0 Å². The fourth-order valence-corrected chi connectivity index (χ4v) is 5.25. The molecule has 9 heteroatoms. The second-order valence-corrected chi connectivity index (χ2v) is 10.9. The molecule has 1 saturated carbocycles. The number of carbonyl (C=O) groups is 2. The van der Waals surface area contributed by atoms with Crippen LogP contribution in [0, 0.1) is 11.8 Å². The predicted molar refractivity (Wildman–Crippen MR) is 154 cm³/mol. The van der Waals surface area contributed by atoms with Crippen LogP contribution < -0.4 is 21.9 Å². The number of nitrogens with zero attached hydrogens (tertiary/aromatic N) is 3. The molecule has 3 aromatic rings. The van der Waals surface area contributed by atoms with Crippen LogP contribution in [0.2, 0.25) is 0 Å². The van der Waals surface area contributed by atoms with Crippen molar-refractivity contribution in [1.82, 2.24) is 14.0 Å². The minimum absolute atomic E-state index is 0.123. The van der Waals surface area contributed by atoms with Crippen LogP contribution in [0.25, 0.3) is 17.0 Å². The molecule has 0 radical (unpaired) electrons. The third-order valence-electron chi connectivity index (χ3n) is 7.54. The number of amides is 3. The van der Waals surface area contributed by atoms with Crippen molar-refractivity contribution >= 4 is 40.3 Å². The molecule has 0 bridgehead atoms. The molecule has 2 fully saturated rings. The monoisotopic (exact) mass is 529 g/mol. The molecule has 2 heterocycles. The van der Waals surface area contributed by atoms with Crippen molar-refractivity contribution in [2.45, 2.75) is 52.1 Å². The summed E-state index contributed by atoms with van der Waals surface area (Å²) in [7, 11) is 0. The molecule has 39 heavy (non-hydrogen) atoms. The Morgan fingerprint density at radius 3 is 2.54 bits per heavy atom. The molecule has 5 rings (SSSR count). The summed E-state index contributed by atoms with van der Waals surface area (Å²) in [6.45, 7) is 8.86. The predicted octanol–water partition coefficient (Wildman–Crippen LogP) is 4.68. The van der Waals surface area contributed by atoms with E-state index in [1.807, 2.05) is 38.1 Å². The first-order chi connectivity index (χ1) is 18.7. The van der Waals surface area contributed by atoms with E-state index in [0.29, 0.717) is 60.7 Å². The maximum atomic E-state index is 13.3. The Morgan fingerprint density at radius 2 is 1.82 bits per heavy atom. The van der Waals surface area contributed by atoms with Gasteiger partial charge < -0.3 is 15.5 Å². The van der Waals surface area contributed by atoms with Gasteiger partial charge in [-0.1, -0.05) is 24.8 Å². The Labute approximate surface area is 227 Å². The smallest absolute Gasteiger partial charge is 0.326 e. The number of carbonyl (C=O) groups excluding carboxylic acids is 2. The zero-order chi connectivity index (χ0) is 27.7. The highest BCUT2D eigenvalue weighted by atomic mass is 16.2. The number of hydrogen-bond acceptors (Lipinski definition) is 4. The number of aromatic nitrogens is 2. The normalized spacial score (nSPS) is 17.3. The summed E-state index contributed by atoms with van der Waals surface area (Å²) in [5, 5.41) is 6.26. The average Bonchev–Trinajstić information content (AvgIpc) is 3.75. The number of anilines is 2. The number of nitrogens with one attached hydrogen (secondary N) is 2. The van der Waals surface area contributed by atoms with Gasteiger partial charge in [-0.3, -0.25) is 18.7 Å². The van der Waals surface area contributed by atoms with Gasteiger partial charge in [0, 0.05) is 37.1 Å². The van der Waals surface area contributed by atoms with Gasteiger partial charge in [-0.25, -0.2) is 9.59 Å². The third kappa shape index (κ3) is 5.67. The minimum atomic E-state index is -0.330. The van der Waals surface area contributed by atoms with Crippen LogP contribution in [0.5, 0.6) is 0 Å². The molecule has 2 aromatic carbocycles. The Morgan fingerprint density at radius 1 is 1.05 bits per heavy atom. The van der Waals surface area contributed by atoms with Crippen LogP contribution in [0.15, 0.2) is 58.6 Å². The molecule has 0 spiro atoms. The van der Waals surface area contributed by atoms with Crippen LogP contribution in [-0.2, 0) is 11.3 Å². The van der Waals surface area contributed by atoms with E-state index in [-0.39, 0.29) is 35.1 Å². The van der Waals surface area contributed by atoms with Crippen LogP contribution in [0.4, 0.5) is 16.2 Å². The second-order valence-electron chi connectivity index (χ2n) is 10.9. The fraction of sp³-hybridized carbons (Fsp3) is 0.400. The van der Waals surface area contributed by atoms with Gasteiger partial charge in [-0.05, 0) is 81.3 Å². The van der Waals surface area contributed by atoms with Gasteiger partial charge in [0.1, 0.15) is 0 Å². The first-order valence-electron chi connectivity index (χ1n) is 13.6. The maximum absolute atomic E-state index is 13.3. The molecule has 1 aromatic heterocycles. The maximum Gasteiger partial charge on any atom is 0.331 e. The summed E-state index contributed by atoms with van der Waals surface area (Å²) in [4.78, 5) is 54.2. The molecule has 1 atom stereocenters. The van der Waals surface area contributed by atoms with Gasteiger partial charge in [-0.2, -0.15) is 0 Å². The summed E-state index contributed by atoms with van der Waals surface area (Å²) in [5.41, 5.74) is 2.02. The molecule has 2 aliphatic rings. The highest BCUT2D eigenvalue weighted by molar-refractivity contribution is 5.95. The summed E-state index contributed by atoms with van der Waals surface area (Å²) >= 11 is 0. The molecule has 1 aliphatic heterocycles. The van der Waals surface area contributed by atoms with Gasteiger partial charge >= 0.3 is 11.7 Å². The van der Waals surface area contributed by atoms with Crippen molar-refractivity contribution in [2.24, 2.45) is 11.8 Å². The molecular weight excluding hydrogens is 494 g/mol. The van der Waals surface area contributed by atoms with Crippen molar-refractivity contribution in [1.29, 1.82) is 0 Å². The topological polar surface area (TPSA) is 105 Å². The van der Waals surface area contributed by atoms with Gasteiger partial charge in [-0.15, -0.1) is 0 Å². The Bertz CT molecular complexity index is 1550. The fourth-order valence-electron chi connectivity index (χ4n) is 5.25. The molecule has 1 unspecified atom stereocenters. The van der Waals surface area contributed by atoms with E-state index in [0.717, 1.165) is 18.4 Å². The molecule has 1 saturated heterocycles. The summed E-state index contributed by atoms with van der Waals surface area (Å²) in [6.07, 6.45) is 5.18. The zero-order valence-electron chi connectivity index (χ0n) is 22.5. The van der Waals surface area contributed by atoms with E-state index in [1.165, 1.54) is 4.57 Å². The molecular formula is C30H35N5O4. The zero-order valence-corrected chi connectivity index (χ0v) is 22.5. The first-order valence-corrected chi connectivity index (χ1v) is 13.6. The molecule has 3 amide bonds. The number of likely N-dealkylation sites (tertiary alicyclic amines) is 1. The molecule has 9 nitrogen and oxygen atoms in total. The van der Waals surface area contributed by atoms with Crippen LogP contribution in [-0.4, -0.2) is 39.1 Å². The van der Waals surface area contributed by atoms with Crippen LogP contribution in [0.1, 0.15) is 51.1 Å². The number of hydrogen-bond donors (Lipinski definition) is 2. The summed E-state index contributed by atoms with van der Waals surface area (Å²) in [6, 6.07) is 12.1. The van der Waals surface area contributed by atoms with E-state index < -0.39 is 0 Å². The van der Waals surface area contributed by atoms with E-state index in [2.05, 4.69) is 17.2 Å². The quantitative estimate of drug-likeness (QED) is 0.464. The Balaban J connectivity index is 1.33. The second kappa shape index (κ2) is 10.9. The van der Waals surface area contributed by atoms with Crippen LogP contribution in [0.3, 0.4) is 0 Å². The third-order valence-corrected chi connectivity index (χ3v) is 7.54. The van der Waals surface area contributed by atoms with Gasteiger partial charge in [0.05, 0.1) is 16.8 Å². The lowest BCUT2D eigenvalue weighted by atomic mass is 9.97. The SMILES string of the molecule is C=Cc1cccc(NC(=O)C2CCCN(C(=O)Nc3ccc4c(c3)c(=O)n(CC3CC3)c(=O)n4C(C)C)C2)c1. The minimum Gasteiger partial charge on any atom is -0.326 e. The van der Waals surface area contributed by atoms with Gasteiger partial charge in [0.15, 0.2) is 0 Å². The van der Waals surface area contributed by atoms with Crippen molar-refractivity contribution in [2.75, 3.05) is 23.7 Å². The summed E-state index contributed by atoms with van der Waals surface area (Å²) < 4.78 is 2.98. The van der Waals surface area contributed by atoms with E-state index in [9.17, 15) is 19.2 Å². The van der Waals surface area contributed by atoms with Crippen molar-refractivity contribution in [3.8, 4) is 0 Å². The summed E-state index contributed by atoms with van der Waals surface area (Å²) in [5.74, 6) is -0.0857. The first kappa shape index (κ1) is 26.5. The molecule has 2 N–H and O–H groups in total. The number of fused-ring (bicyclic) bond motifs is 1. The van der Waals surface area contributed by atoms with Crippen molar-refractivity contribution in [3.63, 3.8) is 0 Å². The van der Waals surface area contributed by atoms with Crippen molar-refractivity contribution < 1.29 is 9.59 Å². The standard InChI is InChI=1S/C30H35N5O4/c1-4-20-7-5-9-23(15-20)31-27(36)22-8-6-14-33(18-22)29(38)32-24-12-13-26-25(16-24)28(37)34(17-21-10-11-21)30(39)35(26)19(2)3/h4-5,7,9,12-13,15-16,19,21-22H,1,6,8,10-11,14,17-18H2,2-3H3,(H,31,36)(H,32,38). The lowest BCUT2D eigenvalue weighted by Gasteiger charge is -2.32. The molecule has 1 aliphatic carbocycles. The Kier molecular flexibility index (Phi) is 7.41. The largest absolute Gasteiger partial charge is 0.331 e. The van der Waals surface area contributed by atoms with E-state index >= 15 is 0 Å². The average molecular weight is 530 g/mol. The molecule has 204 valence electrons. The Hall–Kier alpha value is -4.14. The lowest BCUT2D eigenvalue weighted by Crippen LogP contribution is -2.45. The highest BCUT2D eigenvalue weighted by Gasteiger charge is 2.29. The van der Waals surface area contributed by atoms with Crippen molar-refractivity contribution in [3.05, 3.63) is 75.4 Å². The highest BCUT2D eigenvalue weighted by Crippen LogP contribution is 2.30. The number of rotatable bonds is 7. The number of urea groups is 1. The van der Waals surface area contributed by atoms with Gasteiger partial charge in [0.25, 0.3) is 5.56 Å². The van der Waals surface area contributed by atoms with E-state index in [1.54, 1.807) is 33.7 Å². The van der Waals surface area contributed by atoms with E-state index in [4.69, 9.17) is 0 Å².